The molecule has 0 atom stereocenters. The fourth-order valence-electron chi connectivity index (χ4n) is 6.73. The van der Waals surface area contributed by atoms with Gasteiger partial charge in [0.25, 0.3) is 10.0 Å². The molecule has 2 aromatic carbocycles. The molecule has 2 fully saturated rings. The Kier molecular flexibility index (Phi) is 8.15. The predicted molar refractivity (Wildman–Crippen MR) is 168 cm³/mol. The summed E-state index contributed by atoms with van der Waals surface area (Å²) in [6.45, 7) is 5.70. The third-order valence-electron chi connectivity index (χ3n) is 9.40. The Hall–Kier alpha value is -2.81. The molecule has 2 saturated heterocycles. The van der Waals surface area contributed by atoms with Crippen LogP contribution in [-0.2, 0) is 27.7 Å². The predicted octanol–water partition coefficient (Wildman–Crippen LogP) is 6.29. The quantitative estimate of drug-likeness (QED) is 0.333. The van der Waals surface area contributed by atoms with Crippen LogP contribution in [0.5, 0.6) is 0 Å². The highest BCUT2D eigenvalue weighted by Gasteiger charge is 2.39. The summed E-state index contributed by atoms with van der Waals surface area (Å²) in [4.78, 5) is 21.9. The van der Waals surface area contributed by atoms with E-state index in [4.69, 9.17) is 23.2 Å². The van der Waals surface area contributed by atoms with Gasteiger partial charge in [0.2, 0.25) is 5.91 Å². The molecule has 0 saturated carbocycles. The molecule has 3 aliphatic rings. The number of hydrogen-bond acceptors (Lipinski definition) is 5. The Balaban J connectivity index is 1.12. The summed E-state index contributed by atoms with van der Waals surface area (Å²) in [7, 11) is -4.00. The zero-order valence-electron chi connectivity index (χ0n) is 23.9. The molecule has 1 amide bonds. The Morgan fingerprint density at radius 3 is 2.33 bits per heavy atom. The van der Waals surface area contributed by atoms with Crippen molar-refractivity contribution in [1.29, 1.82) is 0 Å². The first kappa shape index (κ1) is 29.3. The first-order chi connectivity index (χ1) is 20.2. The maximum Gasteiger partial charge on any atom is 0.267 e. The number of pyridine rings is 1. The van der Waals surface area contributed by atoms with Crippen LogP contribution in [0.15, 0.2) is 59.8 Å². The molecule has 42 heavy (non-hydrogen) atoms. The number of rotatable bonds is 5. The van der Waals surface area contributed by atoms with Crippen LogP contribution in [0, 0.1) is 12.3 Å². The normalized spacial score (nSPS) is 18.7. The van der Waals surface area contributed by atoms with E-state index < -0.39 is 10.0 Å². The smallest absolute Gasteiger partial charge is 0.267 e. The van der Waals surface area contributed by atoms with Gasteiger partial charge in [0, 0.05) is 50.8 Å². The lowest BCUT2D eigenvalue weighted by molar-refractivity contribution is -0.133. The number of carbonyl (C=O) groups excluding carboxylic acids is 1. The minimum atomic E-state index is -4.00. The van der Waals surface area contributed by atoms with Crippen LogP contribution in [-0.4, -0.2) is 56.9 Å². The number of carbonyl (C=O) groups is 1. The number of likely N-dealkylation sites (tertiary alicyclic amines) is 1. The van der Waals surface area contributed by atoms with Crippen LogP contribution >= 0.6 is 23.2 Å². The van der Waals surface area contributed by atoms with Crippen molar-refractivity contribution in [2.45, 2.75) is 56.8 Å². The van der Waals surface area contributed by atoms with Crippen LogP contribution in [0.2, 0.25) is 10.0 Å². The van der Waals surface area contributed by atoms with Crippen molar-refractivity contribution < 1.29 is 13.2 Å². The van der Waals surface area contributed by atoms with E-state index in [2.05, 4.69) is 22.0 Å². The Morgan fingerprint density at radius 1 is 0.929 bits per heavy atom. The number of halogens is 2. The number of benzene rings is 2. The minimum Gasteiger partial charge on any atom is -0.371 e. The van der Waals surface area contributed by atoms with Gasteiger partial charge in [-0.25, -0.2) is 8.42 Å². The van der Waals surface area contributed by atoms with Crippen molar-refractivity contribution >= 4 is 50.5 Å². The molecule has 1 spiro atoms. The van der Waals surface area contributed by atoms with Crippen molar-refractivity contribution in [2.75, 3.05) is 41.9 Å². The lowest BCUT2D eigenvalue weighted by atomic mass is 9.71. The Labute approximate surface area is 258 Å². The Morgan fingerprint density at radius 2 is 1.62 bits per heavy atom. The van der Waals surface area contributed by atoms with E-state index >= 15 is 0 Å². The van der Waals surface area contributed by atoms with E-state index in [0.717, 1.165) is 69.4 Å². The summed E-state index contributed by atoms with van der Waals surface area (Å²) in [6.07, 6.45) is 9.74. The fraction of sp³-hybridized carbons (Fsp3) is 0.438. The van der Waals surface area contributed by atoms with Crippen molar-refractivity contribution in [3.63, 3.8) is 0 Å². The number of sulfonamides is 1. The SMILES string of the molecule is Cc1ccc(Cl)c(S(=O)(=O)N2CCCc3ccc(CC(=O)N4CCC5(CC4)CCN(c4ccncc4)CC5)cc32)c1Cl. The lowest BCUT2D eigenvalue weighted by Gasteiger charge is -2.47. The molecule has 1 aromatic heterocycles. The number of hydrogen-bond donors (Lipinski definition) is 0. The second-order valence-electron chi connectivity index (χ2n) is 11.9. The molecule has 0 radical (unpaired) electrons. The van der Waals surface area contributed by atoms with Crippen LogP contribution < -0.4 is 9.21 Å². The molecule has 0 N–H and O–H groups in total. The largest absolute Gasteiger partial charge is 0.371 e. The average Bonchev–Trinajstić information content (AvgIpc) is 3.00. The third kappa shape index (κ3) is 5.61. The van der Waals surface area contributed by atoms with Crippen LogP contribution in [0.4, 0.5) is 11.4 Å². The maximum absolute atomic E-state index is 13.8. The summed E-state index contributed by atoms with van der Waals surface area (Å²) in [6, 6.07) is 13.2. The van der Waals surface area contributed by atoms with Crippen molar-refractivity contribution in [3.05, 3.63) is 81.6 Å². The van der Waals surface area contributed by atoms with Gasteiger partial charge < -0.3 is 9.80 Å². The average molecular weight is 628 g/mol. The number of piperidine rings is 2. The van der Waals surface area contributed by atoms with Gasteiger partial charge in [-0.1, -0.05) is 41.4 Å². The summed E-state index contributed by atoms with van der Waals surface area (Å²) < 4.78 is 29.1. The van der Waals surface area contributed by atoms with E-state index in [1.807, 2.05) is 35.5 Å². The molecule has 6 rings (SSSR count). The number of fused-ring (bicyclic) bond motifs is 1. The number of anilines is 2. The number of amides is 1. The Bertz CT molecular complexity index is 1580. The molecular formula is C32H36Cl2N4O3S. The van der Waals surface area contributed by atoms with E-state index in [9.17, 15) is 13.2 Å². The first-order valence-electron chi connectivity index (χ1n) is 14.7. The van der Waals surface area contributed by atoms with Crippen molar-refractivity contribution in [2.24, 2.45) is 5.41 Å². The molecule has 0 aliphatic carbocycles. The molecule has 222 valence electrons. The molecule has 7 nitrogen and oxygen atoms in total. The van der Waals surface area contributed by atoms with Gasteiger partial charge >= 0.3 is 0 Å². The highest BCUT2D eigenvalue weighted by Crippen LogP contribution is 2.43. The highest BCUT2D eigenvalue weighted by molar-refractivity contribution is 7.93. The fourth-order valence-corrected chi connectivity index (χ4v) is 9.41. The van der Waals surface area contributed by atoms with E-state index in [-0.39, 0.29) is 27.3 Å². The lowest BCUT2D eigenvalue weighted by Crippen LogP contribution is -2.48. The first-order valence-corrected chi connectivity index (χ1v) is 16.9. The molecule has 3 aromatic rings. The monoisotopic (exact) mass is 626 g/mol. The number of aryl methyl sites for hydroxylation is 2. The van der Waals surface area contributed by atoms with Gasteiger partial charge in [0.15, 0.2) is 0 Å². The van der Waals surface area contributed by atoms with Gasteiger partial charge in [0.1, 0.15) is 4.90 Å². The summed E-state index contributed by atoms with van der Waals surface area (Å²) in [5, 5.41) is 0.252. The maximum atomic E-state index is 13.8. The highest BCUT2D eigenvalue weighted by atomic mass is 35.5. The van der Waals surface area contributed by atoms with Gasteiger partial charge in [-0.3, -0.25) is 14.1 Å². The molecule has 0 bridgehead atoms. The molecular weight excluding hydrogens is 591 g/mol. The van der Waals surface area contributed by atoms with Crippen LogP contribution in [0.3, 0.4) is 0 Å². The molecule has 10 heteroatoms. The summed E-state index contributed by atoms with van der Waals surface area (Å²) in [5.74, 6) is 0.0917. The van der Waals surface area contributed by atoms with E-state index in [1.165, 1.54) is 9.99 Å². The van der Waals surface area contributed by atoms with Crippen molar-refractivity contribution in [1.82, 2.24) is 9.88 Å². The van der Waals surface area contributed by atoms with Crippen molar-refractivity contribution in [3.8, 4) is 0 Å². The van der Waals surface area contributed by atoms with Gasteiger partial charge in [-0.2, -0.15) is 0 Å². The van der Waals surface area contributed by atoms with E-state index in [0.29, 0.717) is 29.6 Å². The molecule has 3 aliphatic heterocycles. The zero-order chi connectivity index (χ0) is 29.5. The van der Waals surface area contributed by atoms with Gasteiger partial charge in [-0.15, -0.1) is 0 Å². The second kappa shape index (κ2) is 11.7. The zero-order valence-corrected chi connectivity index (χ0v) is 26.2. The summed E-state index contributed by atoms with van der Waals surface area (Å²) >= 11 is 12.8. The van der Waals surface area contributed by atoms with Gasteiger partial charge in [-0.05, 0) is 91.8 Å². The van der Waals surface area contributed by atoms with Crippen LogP contribution in [0.25, 0.3) is 0 Å². The van der Waals surface area contributed by atoms with Gasteiger partial charge in [0.05, 0.1) is 22.2 Å². The van der Waals surface area contributed by atoms with E-state index in [1.54, 1.807) is 19.1 Å². The molecule has 4 heterocycles. The molecule has 0 unspecified atom stereocenters. The number of aromatic nitrogens is 1. The van der Waals surface area contributed by atoms with Crippen LogP contribution in [0.1, 0.15) is 48.8 Å². The topological polar surface area (TPSA) is 73.8 Å². The second-order valence-corrected chi connectivity index (χ2v) is 14.5. The standard InChI is InChI=1S/C32H36Cl2N4O3S/c1-23-4-7-27(33)31(30(23)34)42(40,41)38-16-2-3-25-6-5-24(21-28(25)38)22-29(39)37-19-12-32(13-20-37)10-17-36(18-11-32)26-8-14-35-15-9-26/h4-9,14-15,21H,2-3,10-13,16-20,22H2,1H3. The third-order valence-corrected chi connectivity index (χ3v) is 12.3. The minimum absolute atomic E-state index is 0.0611. The summed E-state index contributed by atoms with van der Waals surface area (Å²) in [5.41, 5.74) is 4.55. The number of nitrogens with zero attached hydrogens (tertiary/aromatic N) is 4.